The van der Waals surface area contributed by atoms with Crippen molar-refractivity contribution in [3.63, 3.8) is 0 Å². The van der Waals surface area contributed by atoms with Gasteiger partial charge in [-0.2, -0.15) is 0 Å². The Labute approximate surface area is 206 Å². The topological polar surface area (TPSA) is 0 Å². The molecule has 0 radical (unpaired) electrons. The summed E-state index contributed by atoms with van der Waals surface area (Å²) in [5, 5.41) is 0. The van der Waals surface area contributed by atoms with Crippen molar-refractivity contribution in [2.75, 3.05) is 5.75 Å². The van der Waals surface area contributed by atoms with E-state index in [1.54, 1.807) is 0 Å². The fourth-order valence-electron chi connectivity index (χ4n) is 4.95. The molecule has 0 aliphatic heterocycles. The van der Waals surface area contributed by atoms with Gasteiger partial charge in [0.15, 0.2) is 0 Å². The third-order valence-corrected chi connectivity index (χ3v) is 19.0. The molecule has 0 bridgehead atoms. The normalized spacial score (nSPS) is 12.7. The van der Waals surface area contributed by atoms with Crippen LogP contribution in [0.5, 0.6) is 0 Å². The molecule has 0 aliphatic rings. The van der Waals surface area contributed by atoms with E-state index in [2.05, 4.69) is 159 Å². The minimum absolute atomic E-state index is 1.05. The molecule has 0 heterocycles. The van der Waals surface area contributed by atoms with Gasteiger partial charge in [0.05, 0.1) is 0 Å². The molecule has 0 unspecified atom stereocenters. The molecule has 34 heavy (non-hydrogen) atoms. The molecule has 0 N–H and O–H groups in total. The first kappa shape index (κ1) is 22.6. The van der Waals surface area contributed by atoms with E-state index in [1.807, 2.05) is 0 Å². The maximum atomic E-state index is 2.39. The smallest absolute Gasteiger partial charge is 0.00649 e. The van der Waals surface area contributed by atoms with Crippen molar-refractivity contribution in [3.05, 3.63) is 152 Å². The van der Waals surface area contributed by atoms with Crippen LogP contribution in [-0.4, -0.2) is 5.75 Å². The van der Waals surface area contributed by atoms with Crippen molar-refractivity contribution in [2.45, 2.75) is 31.4 Å². The molecule has 5 aromatic carbocycles. The lowest BCUT2D eigenvalue weighted by atomic mass is 10.4. The van der Waals surface area contributed by atoms with Gasteiger partial charge >= 0.3 is 0 Å². The van der Waals surface area contributed by atoms with E-state index >= 15 is 0 Å². The van der Waals surface area contributed by atoms with E-state index in [0.717, 1.165) is 5.75 Å². The second-order valence-electron chi connectivity index (χ2n) is 8.09. The summed E-state index contributed by atoms with van der Waals surface area (Å²) in [6.45, 7) is 2.39. The molecule has 0 atom stereocenters. The van der Waals surface area contributed by atoms with Crippen LogP contribution >= 0.6 is 18.1 Å². The lowest BCUT2D eigenvalue weighted by molar-refractivity contribution is 1.29. The fourth-order valence-corrected chi connectivity index (χ4v) is 18.9. The van der Waals surface area contributed by atoms with Gasteiger partial charge in [0.1, 0.15) is 0 Å². The SMILES string of the molecule is CCS(c1ccccc1)(c1ccccc1)S(c1ccccc1)(c1ccccc1)c1ccccc1. The van der Waals surface area contributed by atoms with E-state index < -0.39 is 18.1 Å². The van der Waals surface area contributed by atoms with Crippen LogP contribution in [0.1, 0.15) is 6.92 Å². The lowest BCUT2D eigenvalue weighted by Crippen LogP contribution is -2.17. The second kappa shape index (κ2) is 9.97. The van der Waals surface area contributed by atoms with E-state index in [-0.39, 0.29) is 0 Å². The Kier molecular flexibility index (Phi) is 6.62. The van der Waals surface area contributed by atoms with Gasteiger partial charge in [-0.05, 0) is 66.4 Å². The molecule has 0 saturated heterocycles. The monoisotopic (exact) mass is 478 g/mol. The minimum Gasteiger partial charge on any atom is -0.144 e. The third kappa shape index (κ3) is 3.58. The quantitative estimate of drug-likeness (QED) is 0.204. The molecule has 5 rings (SSSR count). The highest BCUT2D eigenvalue weighted by molar-refractivity contribution is 9.08. The van der Waals surface area contributed by atoms with Gasteiger partial charge < -0.3 is 0 Å². The van der Waals surface area contributed by atoms with E-state index in [9.17, 15) is 0 Å². The van der Waals surface area contributed by atoms with E-state index in [0.29, 0.717) is 0 Å². The molecule has 0 saturated carbocycles. The first-order valence-electron chi connectivity index (χ1n) is 11.7. The van der Waals surface area contributed by atoms with Gasteiger partial charge in [-0.1, -0.05) is 97.9 Å². The highest BCUT2D eigenvalue weighted by Crippen LogP contribution is 2.96. The van der Waals surface area contributed by atoms with Crippen molar-refractivity contribution < 1.29 is 0 Å². The van der Waals surface area contributed by atoms with Crippen molar-refractivity contribution in [1.29, 1.82) is 0 Å². The van der Waals surface area contributed by atoms with Gasteiger partial charge in [0, 0.05) is 24.5 Å². The third-order valence-electron chi connectivity index (χ3n) is 6.31. The predicted octanol–water partition coefficient (Wildman–Crippen LogP) is 9.83. The highest BCUT2D eigenvalue weighted by Gasteiger charge is 2.48. The van der Waals surface area contributed by atoms with Gasteiger partial charge in [0.2, 0.25) is 0 Å². The Balaban J connectivity index is 2.04. The number of rotatable bonds is 7. The minimum atomic E-state index is -1.71. The van der Waals surface area contributed by atoms with Crippen molar-refractivity contribution in [3.8, 4) is 0 Å². The van der Waals surface area contributed by atoms with Crippen LogP contribution in [0.2, 0.25) is 0 Å². The summed E-state index contributed by atoms with van der Waals surface area (Å²) in [6, 6.07) is 56.4. The first-order valence-corrected chi connectivity index (χ1v) is 15.7. The van der Waals surface area contributed by atoms with Gasteiger partial charge in [-0.3, -0.25) is 0 Å². The summed E-state index contributed by atoms with van der Waals surface area (Å²) in [6.07, 6.45) is 0. The molecule has 0 fully saturated rings. The van der Waals surface area contributed by atoms with Crippen LogP contribution in [0, 0.1) is 0 Å². The Morgan fingerprint density at radius 2 is 0.588 bits per heavy atom. The summed E-state index contributed by atoms with van der Waals surface area (Å²) in [7, 11) is -3.28. The lowest BCUT2D eigenvalue weighted by Gasteiger charge is -2.60. The first-order chi connectivity index (χ1) is 16.8. The molecule has 0 nitrogen and oxygen atoms in total. The number of benzene rings is 5. The molecular formula is C32H30S2. The van der Waals surface area contributed by atoms with Crippen LogP contribution in [0.25, 0.3) is 0 Å². The number of hydrogen-bond acceptors (Lipinski definition) is 0. The predicted molar refractivity (Wildman–Crippen MR) is 149 cm³/mol. The Bertz CT molecular complexity index is 1170. The average Bonchev–Trinajstić information content (AvgIpc) is 2.94. The molecule has 0 amide bonds. The van der Waals surface area contributed by atoms with Gasteiger partial charge in [0.25, 0.3) is 0 Å². The zero-order valence-corrected chi connectivity index (χ0v) is 21.1. The van der Waals surface area contributed by atoms with Crippen LogP contribution in [0.4, 0.5) is 0 Å². The molecule has 5 aromatic rings. The zero-order chi connectivity index (χ0) is 23.3. The fraction of sp³-hybridized carbons (Fsp3) is 0.0625. The van der Waals surface area contributed by atoms with Crippen molar-refractivity contribution in [2.24, 2.45) is 0 Å². The second-order valence-corrected chi connectivity index (χ2v) is 16.7. The van der Waals surface area contributed by atoms with Crippen LogP contribution < -0.4 is 0 Å². The standard InChI is InChI=1S/C32H30S2/c1-2-33(28-18-8-3-9-19-28,29-20-10-4-11-21-29)34(30-22-12-5-13-23-30,31-24-14-6-15-25-31)32-26-16-7-17-27-32/h3-27H,2H2,1H3. The molecule has 0 spiro atoms. The largest absolute Gasteiger partial charge is 0.144 e. The van der Waals surface area contributed by atoms with Crippen LogP contribution in [0.3, 0.4) is 0 Å². The summed E-state index contributed by atoms with van der Waals surface area (Å²) in [5.74, 6) is 1.05. The highest BCUT2D eigenvalue weighted by atomic mass is 33.2. The molecule has 2 heteroatoms. The van der Waals surface area contributed by atoms with Gasteiger partial charge in [-0.25, -0.2) is 0 Å². The van der Waals surface area contributed by atoms with E-state index in [4.69, 9.17) is 0 Å². The zero-order valence-electron chi connectivity index (χ0n) is 19.5. The molecular weight excluding hydrogens is 448 g/mol. The molecule has 0 aliphatic carbocycles. The van der Waals surface area contributed by atoms with Gasteiger partial charge in [-0.15, -0.1) is 18.1 Å². The maximum Gasteiger partial charge on any atom is 0.00649 e. The van der Waals surface area contributed by atoms with Crippen LogP contribution in [0.15, 0.2) is 176 Å². The summed E-state index contributed by atoms with van der Waals surface area (Å²) in [4.78, 5) is 7.12. The van der Waals surface area contributed by atoms with Crippen molar-refractivity contribution >= 4 is 18.1 Å². The summed E-state index contributed by atoms with van der Waals surface area (Å²) >= 11 is 0. The number of hydrogen-bond donors (Lipinski definition) is 0. The Morgan fingerprint density at radius 3 is 0.824 bits per heavy atom. The Hall–Kier alpha value is -3.20. The Morgan fingerprint density at radius 1 is 0.353 bits per heavy atom. The van der Waals surface area contributed by atoms with E-state index in [1.165, 1.54) is 24.5 Å². The summed E-state index contributed by atoms with van der Waals surface area (Å²) < 4.78 is 0. The summed E-state index contributed by atoms with van der Waals surface area (Å²) in [5.41, 5.74) is 0. The van der Waals surface area contributed by atoms with Crippen molar-refractivity contribution in [1.82, 2.24) is 0 Å². The van der Waals surface area contributed by atoms with Crippen LogP contribution in [-0.2, 0) is 0 Å². The molecule has 0 aromatic heterocycles. The average molecular weight is 479 g/mol. The molecule has 170 valence electrons. The maximum absolute atomic E-state index is 2.39.